The number of carbonyl (C=O) groups is 1. The minimum Gasteiger partial charge on any atom is -0.394 e. The standard InChI is InChI=1S/C15H26N4O3/c1-11-17-13(22-19-11)8-9-16-14(21)18-15(2,10-20)12-6-4-3-5-7-12/h12,20H,3-10H2,1-2H3,(H2,16,18,21)/t15-/m1/s1. The zero-order valence-corrected chi connectivity index (χ0v) is 13.4. The number of nitrogens with one attached hydrogen (secondary N) is 2. The van der Waals surface area contributed by atoms with Crippen molar-refractivity contribution in [2.24, 2.45) is 5.92 Å². The van der Waals surface area contributed by atoms with E-state index in [1.165, 1.54) is 19.3 Å². The Morgan fingerprint density at radius 2 is 2.14 bits per heavy atom. The highest BCUT2D eigenvalue weighted by atomic mass is 16.5. The third kappa shape index (κ3) is 4.43. The first-order valence-corrected chi connectivity index (χ1v) is 7.99. The molecule has 3 N–H and O–H groups in total. The quantitative estimate of drug-likeness (QED) is 0.740. The molecule has 2 amide bonds. The molecule has 1 saturated carbocycles. The molecule has 0 aromatic carbocycles. The molecule has 0 bridgehead atoms. The van der Waals surface area contributed by atoms with E-state index < -0.39 is 5.54 Å². The summed E-state index contributed by atoms with van der Waals surface area (Å²) < 4.78 is 4.99. The highest BCUT2D eigenvalue weighted by molar-refractivity contribution is 5.74. The Morgan fingerprint density at radius 3 is 2.73 bits per heavy atom. The number of rotatable bonds is 6. The number of aryl methyl sites for hydroxylation is 1. The maximum absolute atomic E-state index is 12.1. The third-order valence-electron chi connectivity index (χ3n) is 4.43. The van der Waals surface area contributed by atoms with E-state index in [2.05, 4.69) is 20.8 Å². The van der Waals surface area contributed by atoms with Gasteiger partial charge in [-0.2, -0.15) is 4.98 Å². The smallest absolute Gasteiger partial charge is 0.315 e. The third-order valence-corrected chi connectivity index (χ3v) is 4.43. The number of hydrogen-bond acceptors (Lipinski definition) is 5. The van der Waals surface area contributed by atoms with Crippen molar-refractivity contribution in [1.29, 1.82) is 0 Å². The molecule has 7 nitrogen and oxygen atoms in total. The summed E-state index contributed by atoms with van der Waals surface area (Å²) in [5.41, 5.74) is -0.564. The molecule has 0 saturated heterocycles. The van der Waals surface area contributed by atoms with Crippen LogP contribution in [0.4, 0.5) is 4.79 Å². The van der Waals surface area contributed by atoms with Crippen LogP contribution in [0, 0.1) is 12.8 Å². The van der Waals surface area contributed by atoms with Crippen LogP contribution in [0.15, 0.2) is 4.52 Å². The van der Waals surface area contributed by atoms with Crippen LogP contribution in [-0.2, 0) is 6.42 Å². The van der Waals surface area contributed by atoms with E-state index in [-0.39, 0.29) is 12.6 Å². The molecule has 2 rings (SSSR count). The van der Waals surface area contributed by atoms with Crippen molar-refractivity contribution < 1.29 is 14.4 Å². The molecule has 0 unspecified atom stereocenters. The molecule has 1 aliphatic rings. The second-order valence-corrected chi connectivity index (χ2v) is 6.28. The minimum atomic E-state index is -0.564. The summed E-state index contributed by atoms with van der Waals surface area (Å²) in [7, 11) is 0. The molecule has 0 spiro atoms. The average Bonchev–Trinajstić information content (AvgIpc) is 2.93. The largest absolute Gasteiger partial charge is 0.394 e. The van der Waals surface area contributed by atoms with Crippen LogP contribution in [0.3, 0.4) is 0 Å². The van der Waals surface area contributed by atoms with Gasteiger partial charge >= 0.3 is 6.03 Å². The fourth-order valence-electron chi connectivity index (χ4n) is 3.04. The first-order chi connectivity index (χ1) is 10.5. The molecular formula is C15H26N4O3. The maximum atomic E-state index is 12.1. The molecule has 1 aliphatic carbocycles. The van der Waals surface area contributed by atoms with Gasteiger partial charge in [-0.25, -0.2) is 4.79 Å². The van der Waals surface area contributed by atoms with E-state index >= 15 is 0 Å². The van der Waals surface area contributed by atoms with Gasteiger partial charge in [0.05, 0.1) is 12.1 Å². The van der Waals surface area contributed by atoms with Gasteiger partial charge in [-0.1, -0.05) is 24.4 Å². The Kier molecular flexibility index (Phi) is 5.76. The average molecular weight is 310 g/mol. The number of aliphatic hydroxyl groups is 1. The van der Waals surface area contributed by atoms with Crippen molar-refractivity contribution in [1.82, 2.24) is 20.8 Å². The fraction of sp³-hybridized carbons (Fsp3) is 0.800. The molecule has 1 aromatic heterocycles. The highest BCUT2D eigenvalue weighted by Crippen LogP contribution is 2.32. The van der Waals surface area contributed by atoms with Gasteiger partial charge in [0, 0.05) is 13.0 Å². The van der Waals surface area contributed by atoms with Gasteiger partial charge in [0.2, 0.25) is 5.89 Å². The van der Waals surface area contributed by atoms with E-state index in [9.17, 15) is 9.90 Å². The van der Waals surface area contributed by atoms with Crippen LogP contribution in [0.25, 0.3) is 0 Å². The Hall–Kier alpha value is -1.63. The Bertz CT molecular complexity index is 485. The van der Waals surface area contributed by atoms with Crippen molar-refractivity contribution in [3.63, 3.8) is 0 Å². The van der Waals surface area contributed by atoms with Gasteiger partial charge in [-0.3, -0.25) is 0 Å². The number of carbonyl (C=O) groups excluding carboxylic acids is 1. The molecule has 124 valence electrons. The van der Waals surface area contributed by atoms with E-state index in [1.807, 2.05) is 6.92 Å². The lowest BCUT2D eigenvalue weighted by atomic mass is 9.76. The van der Waals surface area contributed by atoms with Gasteiger partial charge < -0.3 is 20.3 Å². The van der Waals surface area contributed by atoms with Gasteiger partial charge in [-0.05, 0) is 32.6 Å². The lowest BCUT2D eigenvalue weighted by Crippen LogP contribution is -2.57. The van der Waals surface area contributed by atoms with E-state index in [0.717, 1.165) is 12.8 Å². The monoisotopic (exact) mass is 310 g/mol. The number of nitrogens with zero attached hydrogens (tertiary/aromatic N) is 2. The lowest BCUT2D eigenvalue weighted by molar-refractivity contribution is 0.101. The summed E-state index contributed by atoms with van der Waals surface area (Å²) in [5, 5.41) is 19.1. The zero-order chi connectivity index (χ0) is 16.0. The molecule has 1 aromatic rings. The number of hydrogen-bond donors (Lipinski definition) is 3. The molecule has 7 heteroatoms. The second-order valence-electron chi connectivity index (χ2n) is 6.28. The summed E-state index contributed by atoms with van der Waals surface area (Å²) >= 11 is 0. The maximum Gasteiger partial charge on any atom is 0.315 e. The summed E-state index contributed by atoms with van der Waals surface area (Å²) in [4.78, 5) is 16.1. The van der Waals surface area contributed by atoms with Crippen molar-refractivity contribution >= 4 is 6.03 Å². The van der Waals surface area contributed by atoms with Crippen LogP contribution in [0.1, 0.15) is 50.7 Å². The first-order valence-electron chi connectivity index (χ1n) is 7.99. The van der Waals surface area contributed by atoms with Crippen LogP contribution < -0.4 is 10.6 Å². The van der Waals surface area contributed by atoms with E-state index in [4.69, 9.17) is 4.52 Å². The fourth-order valence-corrected chi connectivity index (χ4v) is 3.04. The normalized spacial score (nSPS) is 18.7. The van der Waals surface area contributed by atoms with Crippen LogP contribution in [0.2, 0.25) is 0 Å². The molecule has 1 atom stereocenters. The Morgan fingerprint density at radius 1 is 1.41 bits per heavy atom. The van der Waals surface area contributed by atoms with Crippen LogP contribution in [-0.4, -0.2) is 40.0 Å². The van der Waals surface area contributed by atoms with Crippen molar-refractivity contribution in [2.75, 3.05) is 13.2 Å². The molecule has 1 fully saturated rings. The van der Waals surface area contributed by atoms with E-state index in [0.29, 0.717) is 30.6 Å². The van der Waals surface area contributed by atoms with E-state index in [1.54, 1.807) is 6.92 Å². The summed E-state index contributed by atoms with van der Waals surface area (Å²) in [6, 6.07) is -0.265. The molecule has 0 radical (unpaired) electrons. The van der Waals surface area contributed by atoms with Crippen molar-refractivity contribution in [3.8, 4) is 0 Å². The number of aliphatic hydroxyl groups excluding tert-OH is 1. The van der Waals surface area contributed by atoms with Gasteiger partial charge in [0.1, 0.15) is 0 Å². The number of urea groups is 1. The predicted octanol–water partition coefficient (Wildman–Crippen LogP) is 1.55. The van der Waals surface area contributed by atoms with Gasteiger partial charge in [-0.15, -0.1) is 0 Å². The summed E-state index contributed by atoms with van der Waals surface area (Å²) in [6.45, 7) is 4.04. The van der Waals surface area contributed by atoms with Gasteiger partial charge in [0.25, 0.3) is 0 Å². The predicted molar refractivity (Wildman–Crippen MR) is 81.3 cm³/mol. The molecular weight excluding hydrogens is 284 g/mol. The molecule has 0 aliphatic heterocycles. The van der Waals surface area contributed by atoms with Crippen molar-refractivity contribution in [2.45, 2.75) is 57.9 Å². The first kappa shape index (κ1) is 16.7. The zero-order valence-electron chi connectivity index (χ0n) is 13.4. The van der Waals surface area contributed by atoms with Crippen LogP contribution >= 0.6 is 0 Å². The van der Waals surface area contributed by atoms with Gasteiger partial charge in [0.15, 0.2) is 5.82 Å². The summed E-state index contributed by atoms with van der Waals surface area (Å²) in [5.74, 6) is 1.43. The SMILES string of the molecule is Cc1noc(CCNC(=O)N[C@](C)(CO)C2CCCCC2)n1. The Labute approximate surface area is 130 Å². The minimum absolute atomic E-state index is 0.0477. The molecule has 1 heterocycles. The summed E-state index contributed by atoms with van der Waals surface area (Å²) in [6.07, 6.45) is 6.18. The second kappa shape index (κ2) is 7.58. The van der Waals surface area contributed by atoms with Crippen LogP contribution in [0.5, 0.6) is 0 Å². The lowest BCUT2D eigenvalue weighted by Gasteiger charge is -2.39. The Balaban J connectivity index is 1.78. The number of amides is 2. The highest BCUT2D eigenvalue weighted by Gasteiger charge is 2.35. The van der Waals surface area contributed by atoms with Crippen molar-refractivity contribution in [3.05, 3.63) is 11.7 Å². The number of aromatic nitrogens is 2. The topological polar surface area (TPSA) is 100 Å². The molecule has 22 heavy (non-hydrogen) atoms.